The molecule has 3 heterocycles. The molecule has 1 aliphatic heterocycles. The number of hydrogen-bond donors (Lipinski definition) is 1. The van der Waals surface area contributed by atoms with Crippen LogP contribution in [0.25, 0.3) is 11.4 Å². The number of anilines is 1. The maximum absolute atomic E-state index is 13.2. The van der Waals surface area contributed by atoms with Crippen molar-refractivity contribution in [2.24, 2.45) is 5.41 Å². The van der Waals surface area contributed by atoms with E-state index in [2.05, 4.69) is 24.1 Å². The minimum atomic E-state index is -0.388. The van der Waals surface area contributed by atoms with Crippen LogP contribution in [0.15, 0.2) is 59.9 Å². The van der Waals surface area contributed by atoms with Crippen molar-refractivity contribution in [3.8, 4) is 17.1 Å². The summed E-state index contributed by atoms with van der Waals surface area (Å²) < 4.78 is 7.03. The Bertz CT molecular complexity index is 1150. The minimum absolute atomic E-state index is 0.0986. The molecule has 3 aromatic rings. The van der Waals surface area contributed by atoms with E-state index in [9.17, 15) is 4.79 Å². The summed E-state index contributed by atoms with van der Waals surface area (Å²) in [6, 6.07) is 13.0. The number of fused-ring (bicyclic) bond motifs is 1. The summed E-state index contributed by atoms with van der Waals surface area (Å²) in [6.07, 6.45) is 3.03. The van der Waals surface area contributed by atoms with Gasteiger partial charge in [0.1, 0.15) is 11.8 Å². The van der Waals surface area contributed by atoms with Gasteiger partial charge in [0.2, 0.25) is 5.95 Å². The number of pyridine rings is 1. The third kappa shape index (κ3) is 3.07. The number of aromatic nitrogens is 4. The van der Waals surface area contributed by atoms with Crippen LogP contribution in [0, 0.1) is 5.41 Å². The number of nitrogens with one attached hydrogen (secondary N) is 1. The average molecular weight is 401 g/mol. The maximum Gasteiger partial charge on any atom is 0.226 e. The highest BCUT2D eigenvalue weighted by atomic mass is 16.5. The molecule has 1 N–H and O–H groups in total. The zero-order valence-electron chi connectivity index (χ0n) is 17.2. The zero-order valence-corrected chi connectivity index (χ0v) is 17.2. The second-order valence-corrected chi connectivity index (χ2v) is 8.55. The molecule has 152 valence electrons. The molecule has 0 saturated carbocycles. The van der Waals surface area contributed by atoms with Crippen LogP contribution in [-0.2, 0) is 4.79 Å². The van der Waals surface area contributed by atoms with Crippen molar-refractivity contribution in [2.75, 3.05) is 12.4 Å². The first kappa shape index (κ1) is 18.5. The Balaban J connectivity index is 1.64. The summed E-state index contributed by atoms with van der Waals surface area (Å²) in [7, 11) is 1.64. The standard InChI is InChI=1S/C23H23N5O2/c1-23(2)12-17-19(18(29)13-23)20(16-6-4-5-11-24-16)28-22(25-17)26-21(27-28)14-7-9-15(30-3)10-8-14/h4-11,20H,12-13H2,1-3H3,(H,25,26,27). The number of ether oxygens (including phenoxy) is 1. The van der Waals surface area contributed by atoms with E-state index in [0.29, 0.717) is 18.2 Å². The summed E-state index contributed by atoms with van der Waals surface area (Å²) in [6.45, 7) is 4.24. The lowest BCUT2D eigenvalue weighted by Gasteiger charge is -2.37. The first-order valence-corrected chi connectivity index (χ1v) is 10.0. The molecule has 0 bridgehead atoms. The van der Waals surface area contributed by atoms with Gasteiger partial charge in [-0.05, 0) is 48.2 Å². The Morgan fingerprint density at radius 1 is 1.13 bits per heavy atom. The van der Waals surface area contributed by atoms with Crippen molar-refractivity contribution in [3.05, 3.63) is 65.6 Å². The molecule has 7 heteroatoms. The second kappa shape index (κ2) is 6.79. The summed E-state index contributed by atoms with van der Waals surface area (Å²) in [4.78, 5) is 22.5. The van der Waals surface area contributed by atoms with E-state index >= 15 is 0 Å². The van der Waals surface area contributed by atoms with E-state index in [1.165, 1.54) is 0 Å². The molecule has 2 aliphatic rings. The van der Waals surface area contributed by atoms with Crippen molar-refractivity contribution < 1.29 is 9.53 Å². The summed E-state index contributed by atoms with van der Waals surface area (Å²) in [5, 5.41) is 8.17. The second-order valence-electron chi connectivity index (χ2n) is 8.55. The fraction of sp³-hybridized carbons (Fsp3) is 0.304. The SMILES string of the molecule is COc1ccc(-c2nc3n(n2)C(c2ccccn2)C2=C(CC(C)(C)CC2=O)N3)cc1. The van der Waals surface area contributed by atoms with Crippen LogP contribution in [0.4, 0.5) is 5.95 Å². The van der Waals surface area contributed by atoms with Gasteiger partial charge >= 0.3 is 0 Å². The topological polar surface area (TPSA) is 81.9 Å². The van der Waals surface area contributed by atoms with Gasteiger partial charge in [0, 0.05) is 29.5 Å². The number of ketones is 1. The Labute approximate surface area is 174 Å². The number of methoxy groups -OCH3 is 1. The Hall–Kier alpha value is -3.48. The quantitative estimate of drug-likeness (QED) is 0.714. The van der Waals surface area contributed by atoms with Crippen LogP contribution in [0.5, 0.6) is 5.75 Å². The van der Waals surface area contributed by atoms with Crippen LogP contribution >= 0.6 is 0 Å². The predicted molar refractivity (Wildman–Crippen MR) is 113 cm³/mol. The van der Waals surface area contributed by atoms with Gasteiger partial charge in [0.05, 0.1) is 12.8 Å². The smallest absolute Gasteiger partial charge is 0.226 e. The highest BCUT2D eigenvalue weighted by molar-refractivity contribution is 6.00. The Morgan fingerprint density at radius 2 is 1.93 bits per heavy atom. The molecule has 1 atom stereocenters. The van der Waals surface area contributed by atoms with Gasteiger partial charge in [-0.2, -0.15) is 4.98 Å². The molecular formula is C23H23N5O2. The molecule has 0 spiro atoms. The lowest BCUT2D eigenvalue weighted by Crippen LogP contribution is -2.36. The number of benzene rings is 1. The van der Waals surface area contributed by atoms with Crippen LogP contribution in [0.2, 0.25) is 0 Å². The monoisotopic (exact) mass is 401 g/mol. The van der Waals surface area contributed by atoms with Crippen LogP contribution < -0.4 is 10.1 Å². The highest BCUT2D eigenvalue weighted by Crippen LogP contribution is 2.45. The van der Waals surface area contributed by atoms with E-state index in [1.54, 1.807) is 18.0 Å². The maximum atomic E-state index is 13.2. The van der Waals surface area contributed by atoms with E-state index in [0.717, 1.165) is 34.7 Å². The van der Waals surface area contributed by atoms with Crippen LogP contribution in [-0.4, -0.2) is 32.6 Å². The van der Waals surface area contributed by atoms with E-state index in [-0.39, 0.29) is 17.2 Å². The van der Waals surface area contributed by atoms with Gasteiger partial charge in [-0.25, -0.2) is 4.68 Å². The Kier molecular flexibility index (Phi) is 4.20. The number of Topliss-reactive ketones (excluding diaryl/α,β-unsaturated/α-hetero) is 1. The molecule has 1 aromatic carbocycles. The lowest BCUT2D eigenvalue weighted by atomic mass is 9.73. The molecule has 2 aromatic heterocycles. The molecule has 0 saturated heterocycles. The average Bonchev–Trinajstić information content (AvgIpc) is 3.15. The van der Waals surface area contributed by atoms with Gasteiger partial charge < -0.3 is 10.1 Å². The fourth-order valence-electron chi connectivity index (χ4n) is 4.28. The third-order valence-corrected chi connectivity index (χ3v) is 5.65. The van der Waals surface area contributed by atoms with Crippen molar-refractivity contribution in [1.29, 1.82) is 0 Å². The molecule has 0 fully saturated rings. The largest absolute Gasteiger partial charge is 0.497 e. The van der Waals surface area contributed by atoms with E-state index < -0.39 is 0 Å². The first-order valence-electron chi connectivity index (χ1n) is 10.0. The fourth-order valence-corrected chi connectivity index (χ4v) is 4.28. The molecule has 5 rings (SSSR count). The molecule has 1 unspecified atom stereocenters. The number of allylic oxidation sites excluding steroid dienone is 2. The molecule has 0 radical (unpaired) electrons. The normalized spacial score (nSPS) is 19.7. The molecule has 7 nitrogen and oxygen atoms in total. The highest BCUT2D eigenvalue weighted by Gasteiger charge is 2.42. The van der Waals surface area contributed by atoms with Crippen LogP contribution in [0.1, 0.15) is 38.4 Å². The van der Waals surface area contributed by atoms with Gasteiger partial charge in [0.25, 0.3) is 0 Å². The molecule has 30 heavy (non-hydrogen) atoms. The van der Waals surface area contributed by atoms with Gasteiger partial charge in [0.15, 0.2) is 11.6 Å². The first-order chi connectivity index (χ1) is 14.4. The van der Waals surface area contributed by atoms with Crippen LogP contribution in [0.3, 0.4) is 0 Å². The number of nitrogens with zero attached hydrogens (tertiary/aromatic N) is 4. The minimum Gasteiger partial charge on any atom is -0.497 e. The number of hydrogen-bond acceptors (Lipinski definition) is 6. The summed E-state index contributed by atoms with van der Waals surface area (Å²) >= 11 is 0. The van der Waals surface area contributed by atoms with E-state index in [1.807, 2.05) is 42.5 Å². The summed E-state index contributed by atoms with van der Waals surface area (Å²) in [5.41, 5.74) is 3.23. The van der Waals surface area contributed by atoms with Gasteiger partial charge in [-0.3, -0.25) is 9.78 Å². The predicted octanol–water partition coefficient (Wildman–Crippen LogP) is 4.01. The van der Waals surface area contributed by atoms with Crippen molar-refractivity contribution in [2.45, 2.75) is 32.7 Å². The van der Waals surface area contributed by atoms with E-state index in [4.69, 9.17) is 14.8 Å². The molecular weight excluding hydrogens is 378 g/mol. The number of carbonyl (C=O) groups is 1. The summed E-state index contributed by atoms with van der Waals surface area (Å²) in [5.74, 6) is 2.13. The van der Waals surface area contributed by atoms with Crippen molar-refractivity contribution >= 4 is 11.7 Å². The molecule has 1 aliphatic carbocycles. The third-order valence-electron chi connectivity index (χ3n) is 5.65. The lowest BCUT2D eigenvalue weighted by molar-refractivity contribution is -0.118. The number of carbonyl (C=O) groups excluding carboxylic acids is 1. The zero-order chi connectivity index (χ0) is 20.9. The van der Waals surface area contributed by atoms with Crippen molar-refractivity contribution in [1.82, 2.24) is 19.7 Å². The van der Waals surface area contributed by atoms with Gasteiger partial charge in [-0.15, -0.1) is 5.10 Å². The Morgan fingerprint density at radius 3 is 2.63 bits per heavy atom. The number of rotatable bonds is 3. The molecule has 0 amide bonds. The van der Waals surface area contributed by atoms with Gasteiger partial charge in [-0.1, -0.05) is 19.9 Å². The van der Waals surface area contributed by atoms with Crippen molar-refractivity contribution in [3.63, 3.8) is 0 Å².